The van der Waals surface area contributed by atoms with Gasteiger partial charge in [0.05, 0.1) is 18.5 Å². The Bertz CT molecular complexity index is 1000. The number of amides is 5. The van der Waals surface area contributed by atoms with Crippen molar-refractivity contribution in [3.63, 3.8) is 0 Å². The molecule has 0 unspecified atom stereocenters. The molecule has 0 atom stereocenters. The molecule has 0 aliphatic carbocycles. The summed E-state index contributed by atoms with van der Waals surface area (Å²) in [6.45, 7) is -0.110. The molecule has 1 aliphatic rings. The van der Waals surface area contributed by atoms with Crippen LogP contribution in [0.25, 0.3) is 0 Å². The molecule has 11 heteroatoms. The lowest BCUT2D eigenvalue weighted by molar-refractivity contribution is -0.137. The summed E-state index contributed by atoms with van der Waals surface area (Å²) >= 11 is 0. The molecule has 0 saturated carbocycles. The Kier molecular flexibility index (Phi) is 6.76. The fourth-order valence-corrected chi connectivity index (χ4v) is 2.96. The number of rotatable bonds is 7. The Morgan fingerprint density at radius 2 is 1.47 bits per heavy atom. The zero-order valence-corrected chi connectivity index (χ0v) is 16.7. The molecule has 0 bridgehead atoms. The Morgan fingerprint density at radius 3 is 1.97 bits per heavy atom. The predicted molar refractivity (Wildman–Crippen MR) is 109 cm³/mol. The first kappa shape index (κ1) is 22.8. The highest BCUT2D eigenvalue weighted by Crippen LogP contribution is 2.29. The third kappa shape index (κ3) is 6.06. The first-order valence-corrected chi connectivity index (χ1v) is 9.56. The lowest BCUT2D eigenvalue weighted by atomic mass is 10.1. The molecular weight excluding hydrogens is 429 g/mol. The number of nitrogens with zero attached hydrogens (tertiary/aromatic N) is 1. The van der Waals surface area contributed by atoms with Crippen molar-refractivity contribution in [3.05, 3.63) is 59.7 Å². The maximum absolute atomic E-state index is 12.6. The molecular formula is C21H19F3N4O4. The maximum atomic E-state index is 12.6. The van der Waals surface area contributed by atoms with Crippen molar-refractivity contribution < 1.29 is 32.3 Å². The molecule has 1 heterocycles. The fourth-order valence-electron chi connectivity index (χ4n) is 2.96. The van der Waals surface area contributed by atoms with Crippen LogP contribution in [0.3, 0.4) is 0 Å². The van der Waals surface area contributed by atoms with E-state index in [1.54, 1.807) is 24.3 Å². The minimum atomic E-state index is -4.43. The van der Waals surface area contributed by atoms with Crippen LogP contribution in [0, 0.1) is 0 Å². The Labute approximate surface area is 180 Å². The van der Waals surface area contributed by atoms with Gasteiger partial charge in [0.15, 0.2) is 0 Å². The number of urea groups is 1. The van der Waals surface area contributed by atoms with Crippen molar-refractivity contribution in [1.82, 2.24) is 10.2 Å². The molecule has 0 aromatic heterocycles. The lowest BCUT2D eigenvalue weighted by Gasteiger charge is -2.12. The average molecular weight is 448 g/mol. The average Bonchev–Trinajstić information content (AvgIpc) is 3.05. The van der Waals surface area contributed by atoms with E-state index in [2.05, 4.69) is 16.0 Å². The van der Waals surface area contributed by atoms with Crippen molar-refractivity contribution in [2.45, 2.75) is 19.0 Å². The molecule has 0 radical (unpaired) electrons. The zero-order valence-electron chi connectivity index (χ0n) is 16.7. The minimum Gasteiger partial charge on any atom is -0.329 e. The van der Waals surface area contributed by atoms with Gasteiger partial charge in [-0.05, 0) is 42.0 Å². The standard InChI is InChI=1S/C21H19F3N4O4/c22-21(23,24)14-3-1-13(2-4-14)11-18(30)27-16-7-5-15(6-8-16)26-17(29)9-10-28-19(31)12-25-20(28)32/h1-8H,9-12H2,(H,25,32)(H,26,29)(H,27,30). The summed E-state index contributed by atoms with van der Waals surface area (Å²) in [6, 6.07) is 10.0. The molecule has 8 nitrogen and oxygen atoms in total. The summed E-state index contributed by atoms with van der Waals surface area (Å²) < 4.78 is 37.8. The molecule has 2 aromatic rings. The largest absolute Gasteiger partial charge is 0.416 e. The number of anilines is 2. The first-order chi connectivity index (χ1) is 15.1. The van der Waals surface area contributed by atoms with Gasteiger partial charge >= 0.3 is 12.2 Å². The minimum absolute atomic E-state index is 0.0331. The van der Waals surface area contributed by atoms with E-state index in [9.17, 15) is 32.3 Å². The van der Waals surface area contributed by atoms with Gasteiger partial charge in [0, 0.05) is 24.3 Å². The highest BCUT2D eigenvalue weighted by Gasteiger charge is 2.30. The molecule has 2 aromatic carbocycles. The van der Waals surface area contributed by atoms with E-state index < -0.39 is 29.6 Å². The number of hydrogen-bond acceptors (Lipinski definition) is 4. The van der Waals surface area contributed by atoms with E-state index in [1.807, 2.05) is 0 Å². The second-order valence-electron chi connectivity index (χ2n) is 7.00. The Morgan fingerprint density at radius 1 is 0.906 bits per heavy atom. The molecule has 3 N–H and O–H groups in total. The van der Waals surface area contributed by atoms with E-state index in [0.717, 1.165) is 17.0 Å². The first-order valence-electron chi connectivity index (χ1n) is 9.56. The second-order valence-corrected chi connectivity index (χ2v) is 7.00. The molecule has 1 aliphatic heterocycles. The fraction of sp³-hybridized carbons (Fsp3) is 0.238. The van der Waals surface area contributed by atoms with Crippen molar-refractivity contribution in [1.29, 1.82) is 0 Å². The van der Waals surface area contributed by atoms with Gasteiger partial charge in [-0.15, -0.1) is 0 Å². The number of halogens is 3. The molecule has 3 rings (SSSR count). The van der Waals surface area contributed by atoms with Crippen LogP contribution in [0.1, 0.15) is 17.5 Å². The normalized spacial score (nSPS) is 13.7. The van der Waals surface area contributed by atoms with E-state index in [4.69, 9.17) is 0 Å². The quantitative estimate of drug-likeness (QED) is 0.566. The number of alkyl halides is 3. The topological polar surface area (TPSA) is 108 Å². The SMILES string of the molecule is O=C(CCN1C(=O)CNC1=O)Nc1ccc(NC(=O)Cc2ccc(C(F)(F)F)cc2)cc1. The van der Waals surface area contributed by atoms with Gasteiger partial charge in [-0.1, -0.05) is 12.1 Å². The van der Waals surface area contributed by atoms with Crippen molar-refractivity contribution in [2.75, 3.05) is 23.7 Å². The number of hydrogen-bond donors (Lipinski definition) is 3. The number of nitrogens with one attached hydrogen (secondary N) is 3. The van der Waals surface area contributed by atoms with Crippen molar-refractivity contribution in [3.8, 4) is 0 Å². The number of carbonyl (C=O) groups excluding carboxylic acids is 4. The van der Waals surface area contributed by atoms with Crippen LogP contribution in [0.4, 0.5) is 29.3 Å². The van der Waals surface area contributed by atoms with Crippen LogP contribution in [-0.4, -0.2) is 41.7 Å². The summed E-state index contributed by atoms with van der Waals surface area (Å²) in [5.74, 6) is -1.19. The molecule has 0 spiro atoms. The number of benzene rings is 2. The molecule has 1 fully saturated rings. The summed E-state index contributed by atoms with van der Waals surface area (Å²) in [4.78, 5) is 48.0. The van der Waals surface area contributed by atoms with Crippen LogP contribution in [0.5, 0.6) is 0 Å². The predicted octanol–water partition coefficient (Wildman–Crippen LogP) is 2.77. The van der Waals surface area contributed by atoms with Crippen LogP contribution in [-0.2, 0) is 27.0 Å². The van der Waals surface area contributed by atoms with E-state index in [0.29, 0.717) is 16.9 Å². The Hall–Kier alpha value is -3.89. The van der Waals surface area contributed by atoms with Gasteiger partial charge in [-0.3, -0.25) is 19.3 Å². The number of carbonyl (C=O) groups is 4. The highest BCUT2D eigenvalue weighted by molar-refractivity contribution is 6.02. The van der Waals surface area contributed by atoms with Crippen LogP contribution < -0.4 is 16.0 Å². The van der Waals surface area contributed by atoms with Gasteiger partial charge in [0.25, 0.3) is 0 Å². The van der Waals surface area contributed by atoms with Crippen molar-refractivity contribution in [2.24, 2.45) is 0 Å². The third-order valence-electron chi connectivity index (χ3n) is 4.60. The monoisotopic (exact) mass is 448 g/mol. The van der Waals surface area contributed by atoms with Gasteiger partial charge in [-0.2, -0.15) is 13.2 Å². The molecule has 32 heavy (non-hydrogen) atoms. The summed E-state index contributed by atoms with van der Waals surface area (Å²) in [5, 5.41) is 7.61. The van der Waals surface area contributed by atoms with Crippen molar-refractivity contribution >= 4 is 35.1 Å². The van der Waals surface area contributed by atoms with Gasteiger partial charge in [-0.25, -0.2) is 4.79 Å². The van der Waals surface area contributed by atoms with E-state index in [-0.39, 0.29) is 31.8 Å². The van der Waals surface area contributed by atoms with E-state index in [1.165, 1.54) is 12.1 Å². The van der Waals surface area contributed by atoms with Gasteiger partial charge in [0.1, 0.15) is 0 Å². The van der Waals surface area contributed by atoms with E-state index >= 15 is 0 Å². The maximum Gasteiger partial charge on any atom is 0.416 e. The van der Waals surface area contributed by atoms with Crippen LogP contribution >= 0.6 is 0 Å². The summed E-state index contributed by atoms with van der Waals surface area (Å²) in [6.07, 6.45) is -4.59. The smallest absolute Gasteiger partial charge is 0.329 e. The van der Waals surface area contributed by atoms with Gasteiger partial charge in [0.2, 0.25) is 17.7 Å². The Balaban J connectivity index is 1.46. The van der Waals surface area contributed by atoms with Gasteiger partial charge < -0.3 is 16.0 Å². The summed E-state index contributed by atoms with van der Waals surface area (Å²) in [7, 11) is 0. The molecule has 168 valence electrons. The molecule has 1 saturated heterocycles. The third-order valence-corrected chi connectivity index (χ3v) is 4.60. The highest BCUT2D eigenvalue weighted by atomic mass is 19.4. The molecule has 5 amide bonds. The van der Waals surface area contributed by atoms with Crippen LogP contribution in [0.15, 0.2) is 48.5 Å². The van der Waals surface area contributed by atoms with Crippen LogP contribution in [0.2, 0.25) is 0 Å². The lowest BCUT2D eigenvalue weighted by Crippen LogP contribution is -2.33. The second kappa shape index (κ2) is 9.50. The zero-order chi connectivity index (χ0) is 23.3. The summed E-state index contributed by atoms with van der Waals surface area (Å²) in [5.41, 5.74) is 0.548. The number of imide groups is 1.